The number of amides is 1. The van der Waals surface area contributed by atoms with Gasteiger partial charge in [0.05, 0.1) is 4.92 Å². The van der Waals surface area contributed by atoms with Crippen LogP contribution >= 0.6 is 12.4 Å². The zero-order chi connectivity index (χ0) is 13.8. The van der Waals surface area contributed by atoms with Gasteiger partial charge in [-0.1, -0.05) is 12.1 Å². The van der Waals surface area contributed by atoms with E-state index in [1.165, 1.54) is 6.07 Å². The van der Waals surface area contributed by atoms with Gasteiger partial charge >= 0.3 is 0 Å². The van der Waals surface area contributed by atoms with Gasteiger partial charge in [-0.25, -0.2) is 0 Å². The molecule has 0 bridgehead atoms. The maximum Gasteiger partial charge on any atom is 0.285 e. The van der Waals surface area contributed by atoms with Gasteiger partial charge in [-0.05, 0) is 32.4 Å². The number of hydrogen-bond acceptors (Lipinski definition) is 4. The Labute approximate surface area is 123 Å². The molecule has 1 amide bonds. The van der Waals surface area contributed by atoms with Gasteiger partial charge in [0.15, 0.2) is 0 Å². The SMILES string of the molecule is Cc1cccc(C(=O)NC2CCCNC2)c1[N+](=O)[O-].Cl. The van der Waals surface area contributed by atoms with Crippen molar-refractivity contribution in [2.24, 2.45) is 0 Å². The monoisotopic (exact) mass is 299 g/mol. The van der Waals surface area contributed by atoms with E-state index in [-0.39, 0.29) is 35.6 Å². The molecule has 0 saturated carbocycles. The van der Waals surface area contributed by atoms with E-state index < -0.39 is 4.92 Å². The third-order valence-electron chi connectivity index (χ3n) is 3.30. The van der Waals surface area contributed by atoms with Crippen LogP contribution < -0.4 is 10.6 Å². The predicted octanol–water partition coefficient (Wildman–Crippen LogP) is 1.81. The van der Waals surface area contributed by atoms with Crippen LogP contribution in [-0.2, 0) is 0 Å². The van der Waals surface area contributed by atoms with Gasteiger partial charge < -0.3 is 10.6 Å². The molecule has 6 nitrogen and oxygen atoms in total. The highest BCUT2D eigenvalue weighted by molar-refractivity contribution is 5.98. The van der Waals surface area contributed by atoms with Crippen LogP contribution in [0, 0.1) is 17.0 Å². The number of nitrogens with one attached hydrogen (secondary N) is 2. The van der Waals surface area contributed by atoms with Crippen molar-refractivity contribution in [3.63, 3.8) is 0 Å². The first-order valence-electron chi connectivity index (χ1n) is 6.35. The minimum Gasteiger partial charge on any atom is -0.348 e. The van der Waals surface area contributed by atoms with Crippen molar-refractivity contribution in [1.29, 1.82) is 0 Å². The van der Waals surface area contributed by atoms with Crippen LogP contribution in [0.2, 0.25) is 0 Å². The van der Waals surface area contributed by atoms with Gasteiger partial charge in [-0.15, -0.1) is 12.4 Å². The summed E-state index contributed by atoms with van der Waals surface area (Å²) in [6.07, 6.45) is 1.90. The molecule has 1 aromatic rings. The fourth-order valence-corrected chi connectivity index (χ4v) is 2.32. The van der Waals surface area contributed by atoms with E-state index in [9.17, 15) is 14.9 Å². The number of nitro groups is 1. The summed E-state index contributed by atoms with van der Waals surface area (Å²) in [5.74, 6) is -0.371. The third kappa shape index (κ3) is 3.68. The number of aryl methyl sites for hydroxylation is 1. The summed E-state index contributed by atoms with van der Waals surface area (Å²) < 4.78 is 0. The summed E-state index contributed by atoms with van der Waals surface area (Å²) in [4.78, 5) is 22.7. The molecule has 0 radical (unpaired) electrons. The Kier molecular flexibility index (Phi) is 5.91. The van der Waals surface area contributed by atoms with Gasteiger partial charge in [-0.3, -0.25) is 14.9 Å². The van der Waals surface area contributed by atoms with Crippen molar-refractivity contribution in [3.05, 3.63) is 39.4 Å². The van der Waals surface area contributed by atoms with E-state index in [1.807, 2.05) is 0 Å². The fourth-order valence-electron chi connectivity index (χ4n) is 2.32. The fraction of sp³-hybridized carbons (Fsp3) is 0.462. The Morgan fingerprint density at radius 1 is 1.50 bits per heavy atom. The zero-order valence-electron chi connectivity index (χ0n) is 11.2. The van der Waals surface area contributed by atoms with Gasteiger partial charge in [-0.2, -0.15) is 0 Å². The average Bonchev–Trinajstić information content (AvgIpc) is 2.39. The van der Waals surface area contributed by atoms with Crippen LogP contribution in [0.25, 0.3) is 0 Å². The first-order valence-corrected chi connectivity index (χ1v) is 6.35. The second kappa shape index (κ2) is 7.21. The number of para-hydroxylation sites is 1. The molecule has 0 aliphatic carbocycles. The van der Waals surface area contributed by atoms with E-state index in [4.69, 9.17) is 0 Å². The predicted molar refractivity (Wildman–Crippen MR) is 78.4 cm³/mol. The van der Waals surface area contributed by atoms with Crippen LogP contribution in [0.3, 0.4) is 0 Å². The van der Waals surface area contributed by atoms with Gasteiger partial charge in [0.2, 0.25) is 0 Å². The Morgan fingerprint density at radius 2 is 2.25 bits per heavy atom. The van der Waals surface area contributed by atoms with Crippen molar-refractivity contribution in [2.75, 3.05) is 13.1 Å². The quantitative estimate of drug-likeness (QED) is 0.658. The minimum absolute atomic E-state index is 0. The molecule has 1 heterocycles. The highest BCUT2D eigenvalue weighted by atomic mass is 35.5. The van der Waals surface area contributed by atoms with Crippen molar-refractivity contribution in [1.82, 2.24) is 10.6 Å². The topological polar surface area (TPSA) is 84.3 Å². The standard InChI is InChI=1S/C13H17N3O3.ClH/c1-9-4-2-6-11(12(9)16(18)19)13(17)15-10-5-3-7-14-8-10;/h2,4,6,10,14H,3,5,7-8H2,1H3,(H,15,17);1H. The van der Waals surface area contributed by atoms with E-state index in [0.29, 0.717) is 12.1 Å². The van der Waals surface area contributed by atoms with Crippen LogP contribution in [0.15, 0.2) is 18.2 Å². The maximum atomic E-state index is 12.1. The number of piperidine rings is 1. The molecule has 0 aromatic heterocycles. The second-order valence-corrected chi connectivity index (χ2v) is 4.74. The number of carbonyl (C=O) groups excluding carboxylic acids is 1. The highest BCUT2D eigenvalue weighted by Gasteiger charge is 2.24. The van der Waals surface area contributed by atoms with Crippen molar-refractivity contribution in [3.8, 4) is 0 Å². The van der Waals surface area contributed by atoms with Crippen LogP contribution in [0.5, 0.6) is 0 Å². The molecule has 2 rings (SSSR count). The molecule has 20 heavy (non-hydrogen) atoms. The number of rotatable bonds is 3. The molecule has 0 spiro atoms. The summed E-state index contributed by atoms with van der Waals surface area (Å²) in [5.41, 5.74) is 0.527. The average molecular weight is 300 g/mol. The van der Waals surface area contributed by atoms with E-state index in [2.05, 4.69) is 10.6 Å². The molecule has 2 N–H and O–H groups in total. The smallest absolute Gasteiger partial charge is 0.285 e. The number of halogens is 1. The molecule has 7 heteroatoms. The number of hydrogen-bond donors (Lipinski definition) is 2. The number of carbonyl (C=O) groups is 1. The van der Waals surface area contributed by atoms with E-state index >= 15 is 0 Å². The summed E-state index contributed by atoms with van der Waals surface area (Å²) in [6.45, 7) is 3.30. The third-order valence-corrected chi connectivity index (χ3v) is 3.30. The molecule has 1 saturated heterocycles. The Balaban J connectivity index is 0.00000200. The van der Waals surface area contributed by atoms with Gasteiger partial charge in [0.25, 0.3) is 11.6 Å². The van der Waals surface area contributed by atoms with E-state index in [0.717, 1.165) is 19.4 Å². The molecule has 1 aliphatic rings. The lowest BCUT2D eigenvalue weighted by Crippen LogP contribution is -2.45. The number of benzene rings is 1. The maximum absolute atomic E-state index is 12.1. The first-order chi connectivity index (χ1) is 9.09. The Hall–Kier alpha value is -1.66. The largest absolute Gasteiger partial charge is 0.348 e. The summed E-state index contributed by atoms with van der Waals surface area (Å²) in [5, 5.41) is 17.1. The number of nitro benzene ring substituents is 1. The second-order valence-electron chi connectivity index (χ2n) is 4.74. The summed E-state index contributed by atoms with van der Waals surface area (Å²) >= 11 is 0. The van der Waals surface area contributed by atoms with Crippen molar-refractivity contribution in [2.45, 2.75) is 25.8 Å². The lowest BCUT2D eigenvalue weighted by molar-refractivity contribution is -0.385. The molecule has 110 valence electrons. The van der Waals surface area contributed by atoms with E-state index in [1.54, 1.807) is 19.1 Å². The Morgan fingerprint density at radius 3 is 2.85 bits per heavy atom. The summed E-state index contributed by atoms with van der Waals surface area (Å²) in [7, 11) is 0. The molecular formula is C13H18ClN3O3. The van der Waals surface area contributed by atoms with Gasteiger partial charge in [0, 0.05) is 18.2 Å². The molecule has 1 aliphatic heterocycles. The lowest BCUT2D eigenvalue weighted by atomic mass is 10.0. The van der Waals surface area contributed by atoms with Gasteiger partial charge in [0.1, 0.15) is 5.56 Å². The van der Waals surface area contributed by atoms with Crippen LogP contribution in [0.1, 0.15) is 28.8 Å². The van der Waals surface area contributed by atoms with Crippen LogP contribution in [0.4, 0.5) is 5.69 Å². The zero-order valence-corrected chi connectivity index (χ0v) is 12.0. The lowest BCUT2D eigenvalue weighted by Gasteiger charge is -2.23. The highest BCUT2D eigenvalue weighted by Crippen LogP contribution is 2.23. The molecule has 1 unspecified atom stereocenters. The Bertz CT molecular complexity index is 502. The van der Waals surface area contributed by atoms with Crippen molar-refractivity contribution < 1.29 is 9.72 Å². The minimum atomic E-state index is -0.497. The van der Waals surface area contributed by atoms with Crippen LogP contribution in [-0.4, -0.2) is 30.0 Å². The molecule has 1 aromatic carbocycles. The molecule has 1 atom stereocenters. The summed E-state index contributed by atoms with van der Waals surface area (Å²) in [6, 6.07) is 4.84. The normalized spacial score (nSPS) is 17.9. The molecular weight excluding hydrogens is 282 g/mol. The molecule has 1 fully saturated rings. The van der Waals surface area contributed by atoms with Crippen molar-refractivity contribution >= 4 is 24.0 Å². The first kappa shape index (κ1) is 16.4. The number of nitrogens with zero attached hydrogens (tertiary/aromatic N) is 1.